The van der Waals surface area contributed by atoms with Crippen LogP contribution in [0, 0.1) is 5.82 Å². The summed E-state index contributed by atoms with van der Waals surface area (Å²) in [6.45, 7) is 0.208. The fourth-order valence-corrected chi connectivity index (χ4v) is 3.97. The molecule has 0 radical (unpaired) electrons. The predicted octanol–water partition coefficient (Wildman–Crippen LogP) is 4.54. The highest BCUT2D eigenvalue weighted by molar-refractivity contribution is 6.33. The second-order valence-electron chi connectivity index (χ2n) is 7.73. The Labute approximate surface area is 201 Å². The molecule has 0 fully saturated rings. The highest BCUT2D eigenvalue weighted by Crippen LogP contribution is 2.33. The number of carbonyl (C=O) groups excluding carboxylic acids is 2. The molecule has 1 atom stereocenters. The standard InChI is InChI=1S/C25H23ClFN3O4/c1-33-14-12-29(25(32)19-5-2-3-6-20(19)26)16-24(31)30-22(23-7-4-13-34-23)15-21(28-30)17-8-10-18(27)11-9-17/h2-11,13,22H,12,14-16H2,1H3. The zero-order valence-electron chi connectivity index (χ0n) is 18.5. The van der Waals surface area contributed by atoms with Gasteiger partial charge in [0.05, 0.1) is 29.2 Å². The second-order valence-corrected chi connectivity index (χ2v) is 8.13. The first-order chi connectivity index (χ1) is 16.5. The van der Waals surface area contributed by atoms with Crippen LogP contribution in [-0.4, -0.2) is 54.2 Å². The first-order valence-corrected chi connectivity index (χ1v) is 11.1. The van der Waals surface area contributed by atoms with Gasteiger partial charge in [-0.3, -0.25) is 9.59 Å². The molecule has 0 aliphatic carbocycles. The van der Waals surface area contributed by atoms with Crippen molar-refractivity contribution < 1.29 is 23.1 Å². The monoisotopic (exact) mass is 483 g/mol. The van der Waals surface area contributed by atoms with E-state index < -0.39 is 11.9 Å². The summed E-state index contributed by atoms with van der Waals surface area (Å²) < 4.78 is 24.1. The van der Waals surface area contributed by atoms with Crippen LogP contribution in [0.2, 0.25) is 5.02 Å². The Hall–Kier alpha value is -3.49. The van der Waals surface area contributed by atoms with Crippen LogP contribution in [0.1, 0.15) is 34.1 Å². The minimum absolute atomic E-state index is 0.195. The quantitative estimate of drug-likeness (QED) is 0.471. The van der Waals surface area contributed by atoms with Crippen LogP contribution in [0.5, 0.6) is 0 Å². The van der Waals surface area contributed by atoms with Crippen molar-refractivity contribution in [1.82, 2.24) is 9.91 Å². The maximum atomic E-state index is 13.4. The summed E-state index contributed by atoms with van der Waals surface area (Å²) >= 11 is 6.21. The van der Waals surface area contributed by atoms with Crippen molar-refractivity contribution in [3.05, 3.63) is 94.7 Å². The number of ether oxygens (including phenoxy) is 1. The van der Waals surface area contributed by atoms with Gasteiger partial charge in [0.1, 0.15) is 24.2 Å². The van der Waals surface area contributed by atoms with E-state index in [-0.39, 0.29) is 31.4 Å². The zero-order valence-corrected chi connectivity index (χ0v) is 19.2. The van der Waals surface area contributed by atoms with Crippen LogP contribution in [0.4, 0.5) is 4.39 Å². The fraction of sp³-hybridized carbons (Fsp3) is 0.240. The number of carbonyl (C=O) groups is 2. The van der Waals surface area contributed by atoms with Crippen molar-refractivity contribution in [2.75, 3.05) is 26.8 Å². The molecule has 0 saturated carbocycles. The normalized spacial score (nSPS) is 15.3. The number of rotatable bonds is 8. The Kier molecular flexibility index (Phi) is 7.40. The molecule has 0 N–H and O–H groups in total. The van der Waals surface area contributed by atoms with Gasteiger partial charge in [-0.15, -0.1) is 0 Å². The molecule has 2 heterocycles. The molecule has 1 unspecified atom stereocenters. The summed E-state index contributed by atoms with van der Waals surface area (Å²) in [6, 6.07) is 15.6. The van der Waals surface area contributed by atoms with Crippen LogP contribution in [0.15, 0.2) is 76.4 Å². The molecule has 2 amide bonds. The minimum atomic E-state index is -0.484. The lowest BCUT2D eigenvalue weighted by molar-refractivity contribution is -0.134. The minimum Gasteiger partial charge on any atom is -0.467 e. The fourth-order valence-electron chi connectivity index (χ4n) is 3.75. The van der Waals surface area contributed by atoms with E-state index in [1.54, 1.807) is 48.5 Å². The molecule has 1 aromatic heterocycles. The molecule has 1 aliphatic rings. The van der Waals surface area contributed by atoms with Crippen LogP contribution >= 0.6 is 11.6 Å². The lowest BCUT2D eigenvalue weighted by Crippen LogP contribution is -2.42. The molecule has 34 heavy (non-hydrogen) atoms. The van der Waals surface area contributed by atoms with E-state index in [9.17, 15) is 14.0 Å². The van der Waals surface area contributed by atoms with Gasteiger partial charge in [-0.25, -0.2) is 9.40 Å². The number of nitrogens with zero attached hydrogens (tertiary/aromatic N) is 3. The smallest absolute Gasteiger partial charge is 0.262 e. The maximum absolute atomic E-state index is 13.4. The number of hydrazone groups is 1. The number of hydrogen-bond donors (Lipinski definition) is 0. The summed E-state index contributed by atoms with van der Waals surface area (Å²) in [7, 11) is 1.52. The third kappa shape index (κ3) is 5.18. The first-order valence-electron chi connectivity index (χ1n) is 10.7. The van der Waals surface area contributed by atoms with E-state index in [4.69, 9.17) is 20.8 Å². The van der Waals surface area contributed by atoms with Gasteiger partial charge in [0.2, 0.25) is 0 Å². The van der Waals surface area contributed by atoms with Gasteiger partial charge in [-0.05, 0) is 42.0 Å². The number of methoxy groups -OCH3 is 1. The molecule has 1 aliphatic heterocycles. The average molecular weight is 484 g/mol. The molecular formula is C25H23ClFN3O4. The Bertz CT molecular complexity index is 1180. The van der Waals surface area contributed by atoms with Gasteiger partial charge >= 0.3 is 0 Å². The van der Waals surface area contributed by atoms with Gasteiger partial charge in [0.25, 0.3) is 11.8 Å². The molecule has 0 bridgehead atoms. The second kappa shape index (κ2) is 10.6. The van der Waals surface area contributed by atoms with E-state index >= 15 is 0 Å². The molecule has 4 rings (SSSR count). The molecule has 2 aromatic carbocycles. The van der Waals surface area contributed by atoms with Crippen molar-refractivity contribution in [1.29, 1.82) is 0 Å². The van der Waals surface area contributed by atoms with Gasteiger partial charge < -0.3 is 14.1 Å². The van der Waals surface area contributed by atoms with Gasteiger partial charge in [0.15, 0.2) is 0 Å². The molecule has 7 nitrogen and oxygen atoms in total. The number of benzene rings is 2. The summed E-state index contributed by atoms with van der Waals surface area (Å²) in [6.07, 6.45) is 1.92. The first kappa shape index (κ1) is 23.7. The predicted molar refractivity (Wildman–Crippen MR) is 125 cm³/mol. The molecule has 176 valence electrons. The van der Waals surface area contributed by atoms with Crippen molar-refractivity contribution in [3.8, 4) is 0 Å². The van der Waals surface area contributed by atoms with E-state index in [2.05, 4.69) is 5.10 Å². The van der Waals surface area contributed by atoms with E-state index in [1.807, 2.05) is 0 Å². The van der Waals surface area contributed by atoms with Gasteiger partial charge in [-0.2, -0.15) is 5.10 Å². The van der Waals surface area contributed by atoms with Crippen molar-refractivity contribution in [2.45, 2.75) is 12.5 Å². The SMILES string of the molecule is COCCN(CC(=O)N1N=C(c2ccc(F)cc2)CC1c1ccco1)C(=O)c1ccccc1Cl. The Morgan fingerprint density at radius 3 is 2.62 bits per heavy atom. The number of halogens is 2. The number of hydrogen-bond acceptors (Lipinski definition) is 5. The van der Waals surface area contributed by atoms with E-state index in [0.29, 0.717) is 34.0 Å². The molecule has 0 spiro atoms. The zero-order chi connectivity index (χ0) is 24.1. The average Bonchev–Trinajstić information content (AvgIpc) is 3.52. The summed E-state index contributed by atoms with van der Waals surface area (Å²) in [5.74, 6) is -0.567. The van der Waals surface area contributed by atoms with E-state index in [0.717, 1.165) is 0 Å². The Balaban J connectivity index is 1.60. The third-order valence-corrected chi connectivity index (χ3v) is 5.83. The number of amides is 2. The third-order valence-electron chi connectivity index (χ3n) is 5.50. The van der Waals surface area contributed by atoms with Crippen molar-refractivity contribution in [3.63, 3.8) is 0 Å². The molecule has 0 saturated heterocycles. The Morgan fingerprint density at radius 2 is 1.94 bits per heavy atom. The van der Waals surface area contributed by atoms with Crippen LogP contribution in [0.3, 0.4) is 0 Å². The largest absolute Gasteiger partial charge is 0.467 e. The van der Waals surface area contributed by atoms with Crippen LogP contribution < -0.4 is 0 Å². The highest BCUT2D eigenvalue weighted by Gasteiger charge is 2.36. The lowest BCUT2D eigenvalue weighted by atomic mass is 10.0. The summed E-state index contributed by atoms with van der Waals surface area (Å²) in [4.78, 5) is 28.0. The van der Waals surface area contributed by atoms with Gasteiger partial charge in [0, 0.05) is 20.1 Å². The van der Waals surface area contributed by atoms with Crippen molar-refractivity contribution >= 4 is 29.1 Å². The summed E-state index contributed by atoms with van der Waals surface area (Å²) in [5.41, 5.74) is 1.62. The van der Waals surface area contributed by atoms with Crippen LogP contribution in [0.25, 0.3) is 0 Å². The van der Waals surface area contributed by atoms with Gasteiger partial charge in [-0.1, -0.05) is 35.9 Å². The lowest BCUT2D eigenvalue weighted by Gasteiger charge is -2.26. The van der Waals surface area contributed by atoms with Crippen LogP contribution in [-0.2, 0) is 9.53 Å². The molecule has 9 heteroatoms. The van der Waals surface area contributed by atoms with E-state index in [1.165, 1.54) is 35.4 Å². The van der Waals surface area contributed by atoms with Crippen molar-refractivity contribution in [2.24, 2.45) is 5.10 Å². The summed E-state index contributed by atoms with van der Waals surface area (Å²) in [5, 5.41) is 6.16. The Morgan fingerprint density at radius 1 is 1.18 bits per heavy atom. The highest BCUT2D eigenvalue weighted by atomic mass is 35.5. The molecular weight excluding hydrogens is 461 g/mol. The topological polar surface area (TPSA) is 75.3 Å². The number of furan rings is 1. The maximum Gasteiger partial charge on any atom is 0.262 e. The molecule has 3 aromatic rings.